The van der Waals surface area contributed by atoms with Crippen LogP contribution in [0.25, 0.3) is 0 Å². The molecular formula is C16H28N2O. The van der Waals surface area contributed by atoms with E-state index in [2.05, 4.69) is 37.8 Å². The fourth-order valence-electron chi connectivity index (χ4n) is 2.26. The quantitative estimate of drug-likeness (QED) is 0.784. The predicted octanol–water partition coefficient (Wildman–Crippen LogP) is 2.68. The number of hydrogen-bond acceptors (Lipinski definition) is 3. The summed E-state index contributed by atoms with van der Waals surface area (Å²) in [5, 5.41) is 0. The van der Waals surface area contributed by atoms with Gasteiger partial charge >= 0.3 is 0 Å². The first kappa shape index (κ1) is 16.2. The van der Waals surface area contributed by atoms with Crippen molar-refractivity contribution in [2.45, 2.75) is 32.9 Å². The van der Waals surface area contributed by atoms with E-state index in [1.807, 2.05) is 18.2 Å². The van der Waals surface area contributed by atoms with Gasteiger partial charge in [0.05, 0.1) is 6.61 Å². The zero-order valence-corrected chi connectivity index (χ0v) is 12.7. The van der Waals surface area contributed by atoms with Crippen LogP contribution in [0.5, 0.6) is 0 Å². The topological polar surface area (TPSA) is 38.5 Å². The first-order valence-corrected chi connectivity index (χ1v) is 7.09. The number of rotatable bonds is 8. The summed E-state index contributed by atoms with van der Waals surface area (Å²) in [6.45, 7) is 9.38. The van der Waals surface area contributed by atoms with Gasteiger partial charge in [-0.25, -0.2) is 0 Å². The van der Waals surface area contributed by atoms with Crippen molar-refractivity contribution >= 4 is 0 Å². The van der Waals surface area contributed by atoms with E-state index in [0.717, 1.165) is 19.7 Å². The lowest BCUT2D eigenvalue weighted by Gasteiger charge is -2.31. The summed E-state index contributed by atoms with van der Waals surface area (Å²) < 4.78 is 5.18. The van der Waals surface area contributed by atoms with E-state index in [1.54, 1.807) is 7.11 Å². The van der Waals surface area contributed by atoms with Crippen LogP contribution < -0.4 is 5.73 Å². The SMILES string of the molecule is COCCN(CC(C)C(N)c1ccccc1)C(C)C. The Hall–Kier alpha value is -0.900. The van der Waals surface area contributed by atoms with Gasteiger partial charge in [0.2, 0.25) is 0 Å². The van der Waals surface area contributed by atoms with Crippen LogP contribution in [-0.4, -0.2) is 37.7 Å². The third-order valence-electron chi connectivity index (χ3n) is 3.63. The lowest BCUT2D eigenvalue weighted by molar-refractivity contribution is 0.114. The van der Waals surface area contributed by atoms with Crippen molar-refractivity contribution in [2.75, 3.05) is 26.8 Å². The Balaban J connectivity index is 2.58. The molecule has 0 spiro atoms. The number of benzene rings is 1. The summed E-state index contributed by atoms with van der Waals surface area (Å²) in [4.78, 5) is 2.43. The van der Waals surface area contributed by atoms with Gasteiger partial charge in [0.1, 0.15) is 0 Å². The smallest absolute Gasteiger partial charge is 0.0589 e. The molecule has 0 aromatic heterocycles. The van der Waals surface area contributed by atoms with Gasteiger partial charge in [0.15, 0.2) is 0 Å². The van der Waals surface area contributed by atoms with Crippen LogP contribution >= 0.6 is 0 Å². The molecule has 108 valence electrons. The van der Waals surface area contributed by atoms with E-state index in [4.69, 9.17) is 10.5 Å². The summed E-state index contributed by atoms with van der Waals surface area (Å²) in [7, 11) is 1.75. The van der Waals surface area contributed by atoms with Crippen molar-refractivity contribution in [1.82, 2.24) is 4.90 Å². The zero-order chi connectivity index (χ0) is 14.3. The van der Waals surface area contributed by atoms with E-state index in [0.29, 0.717) is 12.0 Å². The summed E-state index contributed by atoms with van der Waals surface area (Å²) in [6.07, 6.45) is 0. The standard InChI is InChI=1S/C16H28N2O/c1-13(2)18(10-11-19-4)12-14(3)16(17)15-8-6-5-7-9-15/h5-9,13-14,16H,10-12,17H2,1-4H3. The molecule has 0 bridgehead atoms. The maximum atomic E-state index is 6.36. The number of nitrogens with zero attached hydrogens (tertiary/aromatic N) is 1. The van der Waals surface area contributed by atoms with E-state index in [9.17, 15) is 0 Å². The van der Waals surface area contributed by atoms with E-state index < -0.39 is 0 Å². The molecule has 2 atom stereocenters. The Morgan fingerprint density at radius 2 is 1.79 bits per heavy atom. The molecule has 2 N–H and O–H groups in total. The van der Waals surface area contributed by atoms with Crippen molar-refractivity contribution in [2.24, 2.45) is 11.7 Å². The third-order valence-corrected chi connectivity index (χ3v) is 3.63. The number of hydrogen-bond donors (Lipinski definition) is 1. The maximum Gasteiger partial charge on any atom is 0.0589 e. The highest BCUT2D eigenvalue weighted by atomic mass is 16.5. The van der Waals surface area contributed by atoms with E-state index >= 15 is 0 Å². The van der Waals surface area contributed by atoms with Crippen molar-refractivity contribution in [3.63, 3.8) is 0 Å². The van der Waals surface area contributed by atoms with Crippen LogP contribution in [0, 0.1) is 5.92 Å². The fourth-order valence-corrected chi connectivity index (χ4v) is 2.26. The molecule has 0 saturated heterocycles. The fraction of sp³-hybridized carbons (Fsp3) is 0.625. The normalized spacial score (nSPS) is 14.9. The molecule has 0 aliphatic carbocycles. The van der Waals surface area contributed by atoms with Gasteiger partial charge in [-0.15, -0.1) is 0 Å². The number of methoxy groups -OCH3 is 1. The average Bonchev–Trinajstić information content (AvgIpc) is 2.43. The monoisotopic (exact) mass is 264 g/mol. The Morgan fingerprint density at radius 1 is 1.16 bits per heavy atom. The lowest BCUT2D eigenvalue weighted by Crippen LogP contribution is -2.39. The molecule has 1 rings (SSSR count). The van der Waals surface area contributed by atoms with Crippen LogP contribution in [-0.2, 0) is 4.74 Å². The molecule has 0 aliphatic rings. The van der Waals surface area contributed by atoms with Crippen molar-refractivity contribution < 1.29 is 4.74 Å². The highest BCUT2D eigenvalue weighted by Crippen LogP contribution is 2.20. The second-order valence-electron chi connectivity index (χ2n) is 5.50. The van der Waals surface area contributed by atoms with Gasteiger partial charge in [-0.1, -0.05) is 37.3 Å². The Labute approximate surface area is 117 Å². The summed E-state index contributed by atoms with van der Waals surface area (Å²) >= 11 is 0. The Bertz CT molecular complexity index is 340. The molecule has 0 saturated carbocycles. The third kappa shape index (κ3) is 5.31. The molecule has 2 unspecified atom stereocenters. The Kier molecular flexibility index (Phi) is 7.06. The van der Waals surface area contributed by atoms with Crippen molar-refractivity contribution in [1.29, 1.82) is 0 Å². The highest BCUT2D eigenvalue weighted by molar-refractivity contribution is 5.19. The molecule has 3 nitrogen and oxygen atoms in total. The van der Waals surface area contributed by atoms with Crippen LogP contribution in [0.1, 0.15) is 32.4 Å². The van der Waals surface area contributed by atoms with E-state index in [1.165, 1.54) is 5.56 Å². The Morgan fingerprint density at radius 3 is 2.32 bits per heavy atom. The molecule has 3 heteroatoms. The molecular weight excluding hydrogens is 236 g/mol. The van der Waals surface area contributed by atoms with Crippen LogP contribution in [0.15, 0.2) is 30.3 Å². The van der Waals surface area contributed by atoms with Gasteiger partial charge in [-0.05, 0) is 25.3 Å². The second kappa shape index (κ2) is 8.31. The van der Waals surface area contributed by atoms with Crippen molar-refractivity contribution in [3.8, 4) is 0 Å². The van der Waals surface area contributed by atoms with Gasteiger partial charge in [0.25, 0.3) is 0 Å². The maximum absolute atomic E-state index is 6.36. The number of nitrogens with two attached hydrogens (primary N) is 1. The highest BCUT2D eigenvalue weighted by Gasteiger charge is 2.19. The van der Waals surface area contributed by atoms with Gasteiger partial charge in [-0.2, -0.15) is 0 Å². The molecule has 0 aliphatic heterocycles. The molecule has 0 fully saturated rings. The first-order valence-electron chi connectivity index (χ1n) is 7.09. The van der Waals surface area contributed by atoms with Crippen LogP contribution in [0.3, 0.4) is 0 Å². The van der Waals surface area contributed by atoms with Gasteiger partial charge in [-0.3, -0.25) is 4.90 Å². The van der Waals surface area contributed by atoms with Gasteiger partial charge in [0, 0.05) is 32.3 Å². The van der Waals surface area contributed by atoms with Crippen molar-refractivity contribution in [3.05, 3.63) is 35.9 Å². The predicted molar refractivity (Wildman–Crippen MR) is 81.1 cm³/mol. The minimum atomic E-state index is 0.0880. The molecule has 0 amide bonds. The summed E-state index contributed by atoms with van der Waals surface area (Å²) in [5.74, 6) is 0.418. The molecule has 19 heavy (non-hydrogen) atoms. The molecule has 1 aromatic carbocycles. The summed E-state index contributed by atoms with van der Waals surface area (Å²) in [5.41, 5.74) is 7.57. The first-order chi connectivity index (χ1) is 9.06. The summed E-state index contributed by atoms with van der Waals surface area (Å²) in [6, 6.07) is 10.9. The lowest BCUT2D eigenvalue weighted by atomic mass is 9.94. The zero-order valence-electron chi connectivity index (χ0n) is 12.7. The average molecular weight is 264 g/mol. The molecule has 0 heterocycles. The largest absolute Gasteiger partial charge is 0.383 e. The molecule has 1 aromatic rings. The molecule has 0 radical (unpaired) electrons. The van der Waals surface area contributed by atoms with Crippen LogP contribution in [0.4, 0.5) is 0 Å². The van der Waals surface area contributed by atoms with Crippen LogP contribution in [0.2, 0.25) is 0 Å². The van der Waals surface area contributed by atoms with Gasteiger partial charge < -0.3 is 10.5 Å². The number of ether oxygens (including phenoxy) is 1. The minimum absolute atomic E-state index is 0.0880. The minimum Gasteiger partial charge on any atom is -0.383 e. The van der Waals surface area contributed by atoms with E-state index in [-0.39, 0.29) is 6.04 Å². The second-order valence-corrected chi connectivity index (χ2v) is 5.50.